The fourth-order valence-electron chi connectivity index (χ4n) is 1.23. The van der Waals surface area contributed by atoms with Crippen LogP contribution in [0.4, 0.5) is 0 Å². The number of unbranched alkanes of at least 4 members (excludes halogenated alkanes) is 1. The van der Waals surface area contributed by atoms with Gasteiger partial charge in [0.25, 0.3) is 0 Å². The molecule has 0 heterocycles. The van der Waals surface area contributed by atoms with Crippen LogP contribution in [0.2, 0.25) is 0 Å². The van der Waals surface area contributed by atoms with Gasteiger partial charge in [-0.05, 0) is 25.0 Å². The Balaban J connectivity index is 2.52. The lowest BCUT2D eigenvalue weighted by Crippen LogP contribution is -2.01. The van der Waals surface area contributed by atoms with Crippen molar-refractivity contribution in [3.63, 3.8) is 0 Å². The van der Waals surface area contributed by atoms with E-state index < -0.39 is 0 Å². The predicted molar refractivity (Wildman–Crippen MR) is 62.6 cm³/mol. The molecule has 0 amide bonds. The Labute approximate surface area is 92.2 Å². The van der Waals surface area contributed by atoms with Crippen LogP contribution in [-0.2, 0) is 0 Å². The second-order valence-corrected chi connectivity index (χ2v) is 3.50. The van der Waals surface area contributed by atoms with Gasteiger partial charge < -0.3 is 9.47 Å². The summed E-state index contributed by atoms with van der Waals surface area (Å²) in [6.45, 7) is 5.76. The van der Waals surface area contributed by atoms with Crippen LogP contribution in [0.25, 0.3) is 0 Å². The molecule has 0 fully saturated rings. The molecule has 84 valence electrons. The van der Waals surface area contributed by atoms with Gasteiger partial charge in [0.1, 0.15) is 0 Å². The van der Waals surface area contributed by atoms with Crippen molar-refractivity contribution in [2.45, 2.75) is 33.1 Å². The van der Waals surface area contributed by atoms with Crippen LogP contribution in [-0.4, -0.2) is 13.2 Å². The van der Waals surface area contributed by atoms with E-state index in [1.54, 1.807) is 0 Å². The van der Waals surface area contributed by atoms with Crippen molar-refractivity contribution in [3.05, 3.63) is 24.3 Å². The fourth-order valence-corrected chi connectivity index (χ4v) is 1.23. The van der Waals surface area contributed by atoms with Gasteiger partial charge in [-0.15, -0.1) is 0 Å². The zero-order valence-corrected chi connectivity index (χ0v) is 9.66. The highest BCUT2D eigenvalue weighted by atomic mass is 16.5. The van der Waals surface area contributed by atoms with Gasteiger partial charge in [0, 0.05) is 0 Å². The molecule has 0 bridgehead atoms. The van der Waals surface area contributed by atoms with E-state index in [1.807, 2.05) is 24.3 Å². The number of rotatable bonds is 7. The van der Waals surface area contributed by atoms with Crippen LogP contribution in [0, 0.1) is 0 Å². The summed E-state index contributed by atoms with van der Waals surface area (Å²) in [6.07, 6.45) is 3.25. The third kappa shape index (κ3) is 4.24. The molecule has 1 rings (SSSR count). The van der Waals surface area contributed by atoms with E-state index in [4.69, 9.17) is 9.47 Å². The standard InChI is InChI=1S/C13H20O2/c1-3-5-11-15-13-9-7-6-8-12(13)14-10-4-2/h6-9H,3-5,10-11H2,1-2H3. The van der Waals surface area contributed by atoms with Crippen LogP contribution in [0.3, 0.4) is 0 Å². The van der Waals surface area contributed by atoms with Gasteiger partial charge in [0.05, 0.1) is 13.2 Å². The minimum absolute atomic E-state index is 0.744. The highest BCUT2D eigenvalue weighted by Crippen LogP contribution is 2.26. The number of hydrogen-bond donors (Lipinski definition) is 0. The number of hydrogen-bond acceptors (Lipinski definition) is 2. The maximum absolute atomic E-state index is 5.65. The van der Waals surface area contributed by atoms with E-state index in [0.29, 0.717) is 0 Å². The third-order valence-electron chi connectivity index (χ3n) is 2.07. The zero-order chi connectivity index (χ0) is 10.9. The predicted octanol–water partition coefficient (Wildman–Crippen LogP) is 3.65. The minimum Gasteiger partial charge on any atom is -0.490 e. The fraction of sp³-hybridized carbons (Fsp3) is 0.538. The van der Waals surface area contributed by atoms with Crippen LogP contribution >= 0.6 is 0 Å². The number of benzene rings is 1. The van der Waals surface area contributed by atoms with Crippen molar-refractivity contribution >= 4 is 0 Å². The SMILES string of the molecule is CCCCOc1ccccc1OCCC. The summed E-state index contributed by atoms with van der Waals surface area (Å²) in [4.78, 5) is 0. The maximum atomic E-state index is 5.65. The van der Waals surface area contributed by atoms with Crippen LogP contribution in [0.5, 0.6) is 11.5 Å². The normalized spacial score (nSPS) is 10.0. The summed E-state index contributed by atoms with van der Waals surface area (Å²) in [5, 5.41) is 0. The van der Waals surface area contributed by atoms with Crippen molar-refractivity contribution in [1.29, 1.82) is 0 Å². The molecule has 2 heteroatoms. The van der Waals surface area contributed by atoms with Gasteiger partial charge in [-0.25, -0.2) is 0 Å². The van der Waals surface area contributed by atoms with E-state index in [1.165, 1.54) is 0 Å². The summed E-state index contributed by atoms with van der Waals surface area (Å²) in [5.74, 6) is 1.72. The molecule has 0 aliphatic rings. The average molecular weight is 208 g/mol. The Morgan fingerprint density at radius 2 is 1.47 bits per heavy atom. The van der Waals surface area contributed by atoms with Crippen LogP contribution in [0.1, 0.15) is 33.1 Å². The lowest BCUT2D eigenvalue weighted by molar-refractivity contribution is 0.265. The molecule has 0 radical (unpaired) electrons. The number of para-hydroxylation sites is 2. The second-order valence-electron chi connectivity index (χ2n) is 3.50. The molecule has 0 unspecified atom stereocenters. The summed E-state index contributed by atoms with van der Waals surface area (Å²) < 4.78 is 11.2. The first-order valence-electron chi connectivity index (χ1n) is 5.73. The molecule has 0 aliphatic heterocycles. The van der Waals surface area contributed by atoms with Gasteiger partial charge in [-0.3, -0.25) is 0 Å². The van der Waals surface area contributed by atoms with E-state index in [9.17, 15) is 0 Å². The first-order chi connectivity index (χ1) is 7.38. The summed E-state index contributed by atoms with van der Waals surface area (Å²) in [5.41, 5.74) is 0. The molecular weight excluding hydrogens is 188 g/mol. The van der Waals surface area contributed by atoms with Crippen molar-refractivity contribution < 1.29 is 9.47 Å². The lowest BCUT2D eigenvalue weighted by Gasteiger charge is -2.11. The molecule has 0 aromatic heterocycles. The molecule has 0 saturated heterocycles. The van der Waals surface area contributed by atoms with E-state index >= 15 is 0 Å². The van der Waals surface area contributed by atoms with E-state index in [-0.39, 0.29) is 0 Å². The van der Waals surface area contributed by atoms with Crippen molar-refractivity contribution in [2.24, 2.45) is 0 Å². The topological polar surface area (TPSA) is 18.5 Å². The van der Waals surface area contributed by atoms with Crippen LogP contribution in [0.15, 0.2) is 24.3 Å². The Morgan fingerprint density at radius 1 is 0.867 bits per heavy atom. The van der Waals surface area contributed by atoms with Gasteiger partial charge in [0.2, 0.25) is 0 Å². The molecule has 0 saturated carbocycles. The molecule has 0 spiro atoms. The van der Waals surface area contributed by atoms with E-state index in [0.717, 1.165) is 44.0 Å². The highest BCUT2D eigenvalue weighted by molar-refractivity contribution is 5.39. The smallest absolute Gasteiger partial charge is 0.161 e. The zero-order valence-electron chi connectivity index (χ0n) is 9.66. The second kappa shape index (κ2) is 7.16. The molecule has 1 aromatic rings. The first kappa shape index (κ1) is 11.9. The summed E-state index contributed by atoms with van der Waals surface area (Å²) in [6, 6.07) is 7.86. The molecular formula is C13H20O2. The molecule has 15 heavy (non-hydrogen) atoms. The van der Waals surface area contributed by atoms with Crippen molar-refractivity contribution in [1.82, 2.24) is 0 Å². The summed E-state index contributed by atoms with van der Waals surface area (Å²) in [7, 11) is 0. The maximum Gasteiger partial charge on any atom is 0.161 e. The average Bonchev–Trinajstić information content (AvgIpc) is 2.28. The monoisotopic (exact) mass is 208 g/mol. The highest BCUT2D eigenvalue weighted by Gasteiger charge is 2.02. The van der Waals surface area contributed by atoms with Gasteiger partial charge in [0.15, 0.2) is 11.5 Å². The largest absolute Gasteiger partial charge is 0.490 e. The minimum atomic E-state index is 0.744. The third-order valence-corrected chi connectivity index (χ3v) is 2.07. The van der Waals surface area contributed by atoms with Gasteiger partial charge in [-0.1, -0.05) is 32.4 Å². The Kier molecular flexibility index (Phi) is 5.67. The molecule has 0 N–H and O–H groups in total. The van der Waals surface area contributed by atoms with Crippen molar-refractivity contribution in [3.8, 4) is 11.5 Å². The van der Waals surface area contributed by atoms with Gasteiger partial charge >= 0.3 is 0 Å². The Bertz CT molecular complexity index is 271. The lowest BCUT2D eigenvalue weighted by atomic mass is 10.3. The molecule has 2 nitrogen and oxygen atoms in total. The summed E-state index contributed by atoms with van der Waals surface area (Å²) >= 11 is 0. The first-order valence-corrected chi connectivity index (χ1v) is 5.73. The molecule has 0 aliphatic carbocycles. The Morgan fingerprint density at radius 3 is 2.00 bits per heavy atom. The molecule has 0 atom stereocenters. The van der Waals surface area contributed by atoms with Crippen molar-refractivity contribution in [2.75, 3.05) is 13.2 Å². The van der Waals surface area contributed by atoms with E-state index in [2.05, 4.69) is 13.8 Å². The Hall–Kier alpha value is -1.18. The number of ether oxygens (including phenoxy) is 2. The van der Waals surface area contributed by atoms with Gasteiger partial charge in [-0.2, -0.15) is 0 Å². The molecule has 1 aromatic carbocycles. The van der Waals surface area contributed by atoms with Crippen LogP contribution < -0.4 is 9.47 Å². The quantitative estimate of drug-likeness (QED) is 0.637.